The summed E-state index contributed by atoms with van der Waals surface area (Å²) in [5.41, 5.74) is 2.69. The van der Waals surface area contributed by atoms with Crippen LogP contribution in [-0.4, -0.2) is 10.5 Å². The molecule has 1 heterocycles. The fraction of sp³-hybridized carbons (Fsp3) is 0.125. The summed E-state index contributed by atoms with van der Waals surface area (Å²) >= 11 is 0. The molecule has 20 heavy (non-hydrogen) atoms. The number of nitrogens with zero attached hydrogens (tertiary/aromatic N) is 2. The van der Waals surface area contributed by atoms with E-state index >= 15 is 0 Å². The van der Waals surface area contributed by atoms with Crippen LogP contribution in [0.15, 0.2) is 48.3 Å². The topological polar surface area (TPSA) is 57.8 Å². The Kier molecular flexibility index (Phi) is 4.02. The SMILES string of the molecule is Cc1ccc(NC(=O)/C(C#N)=C/c2ccn(C)c2)cc1. The molecule has 0 spiro atoms. The van der Waals surface area contributed by atoms with Crippen molar-refractivity contribution in [1.29, 1.82) is 5.26 Å². The van der Waals surface area contributed by atoms with E-state index in [2.05, 4.69) is 5.32 Å². The zero-order valence-corrected chi connectivity index (χ0v) is 11.4. The molecule has 100 valence electrons. The summed E-state index contributed by atoms with van der Waals surface area (Å²) in [7, 11) is 1.88. The highest BCUT2D eigenvalue weighted by molar-refractivity contribution is 6.09. The largest absolute Gasteiger partial charge is 0.357 e. The van der Waals surface area contributed by atoms with Crippen LogP contribution in [0.25, 0.3) is 6.08 Å². The highest BCUT2D eigenvalue weighted by Gasteiger charge is 2.09. The molecule has 4 heteroatoms. The standard InChI is InChI=1S/C16H15N3O/c1-12-3-5-15(6-4-12)18-16(20)14(10-17)9-13-7-8-19(2)11-13/h3-9,11H,1-2H3,(H,18,20)/b14-9+. The molecule has 1 amide bonds. The smallest absolute Gasteiger partial charge is 0.266 e. The Hall–Kier alpha value is -2.80. The Morgan fingerprint density at radius 3 is 2.55 bits per heavy atom. The van der Waals surface area contributed by atoms with Gasteiger partial charge in [0.05, 0.1) is 0 Å². The number of amides is 1. The summed E-state index contributed by atoms with van der Waals surface area (Å²) in [6.07, 6.45) is 5.28. The van der Waals surface area contributed by atoms with E-state index in [4.69, 9.17) is 5.26 Å². The number of anilines is 1. The van der Waals surface area contributed by atoms with E-state index in [0.29, 0.717) is 5.69 Å². The number of rotatable bonds is 3. The average Bonchev–Trinajstić information content (AvgIpc) is 2.84. The minimum Gasteiger partial charge on any atom is -0.357 e. The molecule has 0 atom stereocenters. The van der Waals surface area contributed by atoms with Gasteiger partial charge in [-0.1, -0.05) is 17.7 Å². The molecule has 4 nitrogen and oxygen atoms in total. The maximum Gasteiger partial charge on any atom is 0.266 e. The van der Waals surface area contributed by atoms with Crippen LogP contribution in [0.1, 0.15) is 11.1 Å². The van der Waals surface area contributed by atoms with Gasteiger partial charge in [0, 0.05) is 25.1 Å². The van der Waals surface area contributed by atoms with Gasteiger partial charge in [-0.15, -0.1) is 0 Å². The minimum atomic E-state index is -0.403. The number of aryl methyl sites for hydroxylation is 2. The van der Waals surface area contributed by atoms with Gasteiger partial charge in [0.15, 0.2) is 0 Å². The quantitative estimate of drug-likeness (QED) is 0.685. The molecule has 2 aromatic rings. The molecule has 0 aliphatic carbocycles. The number of nitrogens with one attached hydrogen (secondary N) is 1. The summed E-state index contributed by atoms with van der Waals surface area (Å²) in [6, 6.07) is 11.2. The first kappa shape index (κ1) is 13.6. The van der Waals surface area contributed by atoms with E-state index in [0.717, 1.165) is 11.1 Å². The fourth-order valence-corrected chi connectivity index (χ4v) is 1.76. The van der Waals surface area contributed by atoms with Crippen molar-refractivity contribution in [2.24, 2.45) is 7.05 Å². The van der Waals surface area contributed by atoms with Crippen molar-refractivity contribution < 1.29 is 4.79 Å². The van der Waals surface area contributed by atoms with Crippen LogP contribution in [0.3, 0.4) is 0 Å². The minimum absolute atomic E-state index is 0.0803. The number of benzene rings is 1. The lowest BCUT2D eigenvalue weighted by Gasteiger charge is -2.04. The van der Waals surface area contributed by atoms with Crippen molar-refractivity contribution in [2.45, 2.75) is 6.92 Å². The Morgan fingerprint density at radius 1 is 1.30 bits per heavy atom. The molecular weight excluding hydrogens is 250 g/mol. The maximum atomic E-state index is 12.0. The van der Waals surface area contributed by atoms with Crippen molar-refractivity contribution >= 4 is 17.7 Å². The third-order valence-electron chi connectivity index (χ3n) is 2.84. The molecular formula is C16H15N3O. The number of aromatic nitrogens is 1. The first-order chi connectivity index (χ1) is 9.58. The summed E-state index contributed by atoms with van der Waals surface area (Å²) in [5, 5.41) is 11.8. The van der Waals surface area contributed by atoms with E-state index in [-0.39, 0.29) is 5.57 Å². The molecule has 1 aromatic carbocycles. The van der Waals surface area contributed by atoms with E-state index in [1.54, 1.807) is 6.08 Å². The van der Waals surface area contributed by atoms with Crippen molar-refractivity contribution in [1.82, 2.24) is 4.57 Å². The fourth-order valence-electron chi connectivity index (χ4n) is 1.76. The van der Waals surface area contributed by atoms with Gasteiger partial charge >= 0.3 is 0 Å². The molecule has 0 fully saturated rings. The Morgan fingerprint density at radius 2 is 2.00 bits per heavy atom. The lowest BCUT2D eigenvalue weighted by atomic mass is 10.2. The van der Waals surface area contributed by atoms with Gasteiger partial charge in [-0.05, 0) is 36.8 Å². The number of nitriles is 1. The molecule has 2 rings (SSSR count). The Bertz CT molecular complexity index is 687. The monoisotopic (exact) mass is 265 g/mol. The highest BCUT2D eigenvalue weighted by atomic mass is 16.1. The summed E-state index contributed by atoms with van der Waals surface area (Å²) in [5.74, 6) is -0.403. The summed E-state index contributed by atoms with van der Waals surface area (Å²) in [6.45, 7) is 1.97. The first-order valence-corrected chi connectivity index (χ1v) is 6.20. The second kappa shape index (κ2) is 5.89. The van der Waals surface area contributed by atoms with Gasteiger partial charge < -0.3 is 9.88 Å². The molecule has 0 aliphatic rings. The van der Waals surface area contributed by atoms with Gasteiger partial charge in [-0.3, -0.25) is 4.79 Å². The van der Waals surface area contributed by atoms with Crippen LogP contribution in [0.2, 0.25) is 0 Å². The zero-order chi connectivity index (χ0) is 14.5. The zero-order valence-electron chi connectivity index (χ0n) is 11.4. The predicted octanol–water partition coefficient (Wildman–Crippen LogP) is 2.88. The van der Waals surface area contributed by atoms with Crippen LogP contribution < -0.4 is 5.32 Å². The van der Waals surface area contributed by atoms with E-state index in [9.17, 15) is 4.79 Å². The van der Waals surface area contributed by atoms with Crippen LogP contribution in [0.4, 0.5) is 5.69 Å². The maximum absolute atomic E-state index is 12.0. The van der Waals surface area contributed by atoms with E-state index < -0.39 is 5.91 Å². The number of hydrogen-bond donors (Lipinski definition) is 1. The third-order valence-corrected chi connectivity index (χ3v) is 2.84. The van der Waals surface area contributed by atoms with E-state index in [1.807, 2.05) is 67.3 Å². The number of carbonyl (C=O) groups excluding carboxylic acids is 1. The Labute approximate surface area is 118 Å². The van der Waals surface area contributed by atoms with E-state index in [1.165, 1.54) is 0 Å². The lowest BCUT2D eigenvalue weighted by molar-refractivity contribution is -0.112. The van der Waals surface area contributed by atoms with Gasteiger partial charge in [-0.2, -0.15) is 5.26 Å². The van der Waals surface area contributed by atoms with Crippen LogP contribution in [0.5, 0.6) is 0 Å². The van der Waals surface area contributed by atoms with Gasteiger partial charge in [0.1, 0.15) is 11.6 Å². The average molecular weight is 265 g/mol. The molecule has 1 aromatic heterocycles. The molecule has 0 unspecified atom stereocenters. The summed E-state index contributed by atoms with van der Waals surface area (Å²) in [4.78, 5) is 12.0. The van der Waals surface area contributed by atoms with Crippen LogP contribution in [0, 0.1) is 18.3 Å². The van der Waals surface area contributed by atoms with Crippen LogP contribution >= 0.6 is 0 Å². The first-order valence-electron chi connectivity index (χ1n) is 6.20. The second-order valence-corrected chi connectivity index (χ2v) is 4.60. The summed E-state index contributed by atoms with van der Waals surface area (Å²) < 4.78 is 1.86. The normalized spacial score (nSPS) is 10.9. The molecule has 0 radical (unpaired) electrons. The predicted molar refractivity (Wildman–Crippen MR) is 78.8 cm³/mol. The van der Waals surface area contributed by atoms with Crippen molar-refractivity contribution in [3.8, 4) is 6.07 Å². The van der Waals surface area contributed by atoms with Crippen molar-refractivity contribution in [3.05, 3.63) is 59.4 Å². The molecule has 0 bridgehead atoms. The van der Waals surface area contributed by atoms with Gasteiger partial charge in [0.2, 0.25) is 0 Å². The Balaban J connectivity index is 2.16. The van der Waals surface area contributed by atoms with Crippen molar-refractivity contribution in [3.63, 3.8) is 0 Å². The second-order valence-electron chi connectivity index (χ2n) is 4.60. The number of hydrogen-bond acceptors (Lipinski definition) is 2. The molecule has 0 saturated carbocycles. The number of carbonyl (C=O) groups is 1. The van der Waals surface area contributed by atoms with Gasteiger partial charge in [0.25, 0.3) is 5.91 Å². The van der Waals surface area contributed by atoms with Crippen LogP contribution in [-0.2, 0) is 11.8 Å². The third kappa shape index (κ3) is 3.36. The lowest BCUT2D eigenvalue weighted by Crippen LogP contribution is -2.13. The highest BCUT2D eigenvalue weighted by Crippen LogP contribution is 2.12. The molecule has 1 N–H and O–H groups in total. The van der Waals surface area contributed by atoms with Gasteiger partial charge in [-0.25, -0.2) is 0 Å². The molecule has 0 saturated heterocycles. The van der Waals surface area contributed by atoms with Crippen molar-refractivity contribution in [2.75, 3.05) is 5.32 Å². The molecule has 0 aliphatic heterocycles.